The van der Waals surface area contributed by atoms with Gasteiger partial charge in [-0.25, -0.2) is 15.0 Å². The number of hydrogen-bond acceptors (Lipinski definition) is 5. The van der Waals surface area contributed by atoms with Gasteiger partial charge in [-0.3, -0.25) is 0 Å². The molecule has 2 aromatic heterocycles. The van der Waals surface area contributed by atoms with Gasteiger partial charge in [0.1, 0.15) is 11.8 Å². The number of nitrogen functional groups attached to an aromatic ring is 1. The van der Waals surface area contributed by atoms with E-state index in [2.05, 4.69) is 27.1 Å². The van der Waals surface area contributed by atoms with Crippen molar-refractivity contribution >= 4 is 17.0 Å². The minimum absolute atomic E-state index is 0.215. The van der Waals surface area contributed by atoms with Gasteiger partial charge >= 0.3 is 0 Å². The van der Waals surface area contributed by atoms with E-state index in [1.807, 2.05) is 4.57 Å². The van der Waals surface area contributed by atoms with E-state index in [9.17, 15) is 0 Å². The number of imidazole rings is 1. The molecular formula is C12H15N5O. The fourth-order valence-corrected chi connectivity index (χ4v) is 2.42. The minimum Gasteiger partial charge on any atom is -0.396 e. The third-order valence-corrected chi connectivity index (χ3v) is 3.36. The average Bonchev–Trinajstić information content (AvgIpc) is 2.98. The van der Waals surface area contributed by atoms with E-state index in [0.29, 0.717) is 17.3 Å². The van der Waals surface area contributed by atoms with Crippen molar-refractivity contribution in [2.75, 3.05) is 12.3 Å². The second-order valence-corrected chi connectivity index (χ2v) is 4.65. The quantitative estimate of drug-likeness (QED) is 0.772. The molecule has 0 saturated carbocycles. The molecule has 1 aliphatic carbocycles. The molecule has 2 aromatic rings. The molecule has 0 amide bonds. The van der Waals surface area contributed by atoms with Crippen LogP contribution in [0.2, 0.25) is 0 Å². The third kappa shape index (κ3) is 1.84. The lowest BCUT2D eigenvalue weighted by Crippen LogP contribution is -2.09. The van der Waals surface area contributed by atoms with Gasteiger partial charge in [0.05, 0.1) is 6.33 Å². The van der Waals surface area contributed by atoms with Crippen molar-refractivity contribution in [3.8, 4) is 0 Å². The summed E-state index contributed by atoms with van der Waals surface area (Å²) in [7, 11) is 0. The molecule has 3 rings (SSSR count). The van der Waals surface area contributed by atoms with E-state index in [-0.39, 0.29) is 12.5 Å². The molecule has 0 radical (unpaired) electrons. The van der Waals surface area contributed by atoms with Gasteiger partial charge in [-0.05, 0) is 12.3 Å². The Hall–Kier alpha value is -1.95. The van der Waals surface area contributed by atoms with Crippen LogP contribution in [0, 0.1) is 11.8 Å². The number of aliphatic hydroxyl groups excluding tert-OH is 1. The molecule has 18 heavy (non-hydrogen) atoms. The summed E-state index contributed by atoms with van der Waals surface area (Å²) in [5.74, 6) is 1.11. The lowest BCUT2D eigenvalue weighted by atomic mass is 10.0. The zero-order valence-corrected chi connectivity index (χ0v) is 9.90. The fourth-order valence-electron chi connectivity index (χ4n) is 2.42. The first-order valence-corrected chi connectivity index (χ1v) is 5.98. The van der Waals surface area contributed by atoms with E-state index in [4.69, 9.17) is 10.8 Å². The molecule has 0 bridgehead atoms. The molecule has 6 heteroatoms. The second kappa shape index (κ2) is 4.38. The smallest absolute Gasteiger partial charge is 0.165 e. The molecule has 2 heterocycles. The molecule has 0 saturated heterocycles. The van der Waals surface area contributed by atoms with E-state index in [0.717, 1.165) is 18.6 Å². The third-order valence-electron chi connectivity index (χ3n) is 3.36. The highest BCUT2D eigenvalue weighted by Gasteiger charge is 2.19. The molecule has 1 unspecified atom stereocenters. The van der Waals surface area contributed by atoms with Gasteiger partial charge in [0.25, 0.3) is 0 Å². The van der Waals surface area contributed by atoms with Crippen LogP contribution in [0.5, 0.6) is 0 Å². The van der Waals surface area contributed by atoms with Crippen molar-refractivity contribution in [3.05, 3.63) is 24.8 Å². The summed E-state index contributed by atoms with van der Waals surface area (Å²) >= 11 is 0. The van der Waals surface area contributed by atoms with Crippen LogP contribution in [0.15, 0.2) is 24.8 Å². The molecular weight excluding hydrogens is 230 g/mol. The predicted molar refractivity (Wildman–Crippen MR) is 67.6 cm³/mol. The summed E-state index contributed by atoms with van der Waals surface area (Å²) in [5, 5.41) is 9.11. The van der Waals surface area contributed by atoms with Crippen LogP contribution in [0.3, 0.4) is 0 Å². The Kier molecular flexibility index (Phi) is 2.71. The number of aliphatic hydroxyl groups is 1. The van der Waals surface area contributed by atoms with Crippen molar-refractivity contribution in [2.45, 2.75) is 13.0 Å². The molecule has 0 spiro atoms. The van der Waals surface area contributed by atoms with Crippen molar-refractivity contribution in [3.63, 3.8) is 0 Å². The molecule has 0 aliphatic heterocycles. The van der Waals surface area contributed by atoms with Gasteiger partial charge in [0.15, 0.2) is 11.5 Å². The number of nitrogens with two attached hydrogens (primary N) is 1. The molecule has 6 nitrogen and oxygen atoms in total. The number of anilines is 1. The van der Waals surface area contributed by atoms with E-state index in [1.54, 1.807) is 6.33 Å². The largest absolute Gasteiger partial charge is 0.396 e. The summed E-state index contributed by atoms with van der Waals surface area (Å²) < 4.78 is 1.99. The number of rotatable bonds is 3. The number of allylic oxidation sites excluding steroid dienone is 1. The van der Waals surface area contributed by atoms with Crippen LogP contribution in [-0.4, -0.2) is 31.2 Å². The molecule has 1 aliphatic rings. The monoisotopic (exact) mass is 245 g/mol. The van der Waals surface area contributed by atoms with E-state index in [1.165, 1.54) is 6.33 Å². The normalized spacial score (nSPS) is 22.9. The maximum absolute atomic E-state index is 9.11. The zero-order chi connectivity index (χ0) is 12.5. The Morgan fingerprint density at radius 1 is 1.28 bits per heavy atom. The Bertz CT molecular complexity index is 591. The topological polar surface area (TPSA) is 89.9 Å². The zero-order valence-electron chi connectivity index (χ0n) is 9.90. The van der Waals surface area contributed by atoms with Crippen LogP contribution in [0.1, 0.15) is 6.42 Å². The maximum atomic E-state index is 9.11. The van der Waals surface area contributed by atoms with Gasteiger partial charge in [0, 0.05) is 19.1 Å². The van der Waals surface area contributed by atoms with Crippen LogP contribution >= 0.6 is 0 Å². The summed E-state index contributed by atoms with van der Waals surface area (Å²) in [5.41, 5.74) is 7.17. The summed E-state index contributed by atoms with van der Waals surface area (Å²) in [6.45, 7) is 1.02. The van der Waals surface area contributed by atoms with Gasteiger partial charge in [0.2, 0.25) is 0 Å². The SMILES string of the molecule is Nc1ncnc2c1ncn2CC1C=C[C@@H](CO)C1. The van der Waals surface area contributed by atoms with Crippen molar-refractivity contribution in [1.29, 1.82) is 0 Å². The lowest BCUT2D eigenvalue weighted by molar-refractivity contribution is 0.242. The molecule has 0 fully saturated rings. The first-order valence-electron chi connectivity index (χ1n) is 5.98. The molecule has 2 atom stereocenters. The molecule has 3 N–H and O–H groups in total. The van der Waals surface area contributed by atoms with Crippen molar-refractivity contribution < 1.29 is 5.11 Å². The number of hydrogen-bond donors (Lipinski definition) is 2. The van der Waals surface area contributed by atoms with Gasteiger partial charge in [-0.2, -0.15) is 0 Å². The van der Waals surface area contributed by atoms with E-state index >= 15 is 0 Å². The van der Waals surface area contributed by atoms with Gasteiger partial charge in [-0.1, -0.05) is 12.2 Å². The first kappa shape index (κ1) is 11.2. The molecule has 0 aromatic carbocycles. The fraction of sp³-hybridized carbons (Fsp3) is 0.417. The second-order valence-electron chi connectivity index (χ2n) is 4.65. The highest BCUT2D eigenvalue weighted by atomic mass is 16.3. The Morgan fingerprint density at radius 3 is 2.89 bits per heavy atom. The Labute approximate surface area is 104 Å². The minimum atomic E-state index is 0.215. The Morgan fingerprint density at radius 2 is 2.11 bits per heavy atom. The maximum Gasteiger partial charge on any atom is 0.165 e. The number of aromatic nitrogens is 4. The average molecular weight is 245 g/mol. The van der Waals surface area contributed by atoms with Gasteiger partial charge in [-0.15, -0.1) is 0 Å². The summed E-state index contributed by atoms with van der Waals surface area (Å²) in [6.07, 6.45) is 8.40. The van der Waals surface area contributed by atoms with Crippen LogP contribution in [0.25, 0.3) is 11.2 Å². The van der Waals surface area contributed by atoms with Crippen LogP contribution < -0.4 is 5.73 Å². The van der Waals surface area contributed by atoms with Gasteiger partial charge < -0.3 is 15.4 Å². The predicted octanol–water partition coefficient (Wildman–Crippen LogP) is 0.593. The molecule has 94 valence electrons. The highest BCUT2D eigenvalue weighted by molar-refractivity contribution is 5.81. The van der Waals surface area contributed by atoms with Crippen LogP contribution in [0.4, 0.5) is 5.82 Å². The summed E-state index contributed by atoms with van der Waals surface area (Å²) in [6, 6.07) is 0. The standard InChI is InChI=1S/C12H15N5O/c13-11-10-12(15-6-14-11)17(7-16-10)4-8-1-2-9(3-8)5-18/h1-2,6-9,18H,3-5H2,(H2,13,14,15)/t8?,9-/m1/s1. The number of fused-ring (bicyclic) bond motifs is 1. The van der Waals surface area contributed by atoms with Crippen LogP contribution in [-0.2, 0) is 6.54 Å². The highest BCUT2D eigenvalue weighted by Crippen LogP contribution is 2.25. The number of nitrogens with zero attached hydrogens (tertiary/aromatic N) is 4. The Balaban J connectivity index is 1.84. The first-order chi connectivity index (χ1) is 8.78. The summed E-state index contributed by atoms with van der Waals surface area (Å²) in [4.78, 5) is 12.4. The van der Waals surface area contributed by atoms with Crippen molar-refractivity contribution in [2.24, 2.45) is 11.8 Å². The van der Waals surface area contributed by atoms with E-state index < -0.39 is 0 Å². The lowest BCUT2D eigenvalue weighted by Gasteiger charge is -2.11. The van der Waals surface area contributed by atoms with Crippen molar-refractivity contribution in [1.82, 2.24) is 19.5 Å².